The van der Waals surface area contributed by atoms with Gasteiger partial charge >= 0.3 is 0 Å². The van der Waals surface area contributed by atoms with Crippen molar-refractivity contribution in [2.45, 2.75) is 11.8 Å². The van der Waals surface area contributed by atoms with Gasteiger partial charge in [0.15, 0.2) is 0 Å². The highest BCUT2D eigenvalue weighted by molar-refractivity contribution is 7.92. The minimum Gasteiger partial charge on any atom is -0.479 e. The van der Waals surface area contributed by atoms with Gasteiger partial charge in [-0.3, -0.25) is 4.72 Å². The van der Waals surface area contributed by atoms with Crippen LogP contribution in [0.4, 0.5) is 5.69 Å². The molecule has 3 aromatic carbocycles. The predicted octanol–water partition coefficient (Wildman–Crippen LogP) is 4.23. The summed E-state index contributed by atoms with van der Waals surface area (Å²) in [7, 11) is -3.69. The standard InChI is InChI=1S/C22H19NO3S/c1-18-13-15-20(16-14-18)27(24,25)23-21-11-5-6-12-22(21)26-17-7-10-19-8-3-2-4-9-19/h2-6,8-9,11-16,23H,17H2,1H3. The molecule has 136 valence electrons. The van der Waals surface area contributed by atoms with E-state index in [0.717, 1.165) is 11.1 Å². The van der Waals surface area contributed by atoms with Crippen molar-refractivity contribution in [2.75, 3.05) is 11.3 Å². The van der Waals surface area contributed by atoms with Crippen LogP contribution >= 0.6 is 0 Å². The van der Waals surface area contributed by atoms with Gasteiger partial charge in [0.05, 0.1) is 10.6 Å². The summed E-state index contributed by atoms with van der Waals surface area (Å²) in [5.74, 6) is 6.36. The molecule has 0 saturated carbocycles. The third-order valence-corrected chi connectivity index (χ3v) is 5.15. The number of anilines is 1. The average Bonchev–Trinajstić information content (AvgIpc) is 2.67. The maximum absolute atomic E-state index is 12.6. The van der Waals surface area contributed by atoms with Gasteiger partial charge in [0.2, 0.25) is 0 Å². The van der Waals surface area contributed by atoms with Crippen molar-refractivity contribution in [3.05, 3.63) is 90.0 Å². The van der Waals surface area contributed by atoms with E-state index in [0.29, 0.717) is 11.4 Å². The van der Waals surface area contributed by atoms with Gasteiger partial charge < -0.3 is 4.74 Å². The van der Waals surface area contributed by atoms with E-state index in [1.54, 1.807) is 48.5 Å². The number of hydrogen-bond donors (Lipinski definition) is 1. The molecule has 0 aromatic heterocycles. The Labute approximate surface area is 159 Å². The molecule has 5 heteroatoms. The zero-order valence-corrected chi connectivity index (χ0v) is 15.7. The quantitative estimate of drug-likeness (QED) is 0.677. The minimum absolute atomic E-state index is 0.151. The van der Waals surface area contributed by atoms with E-state index in [1.165, 1.54) is 0 Å². The Bertz CT molecular complexity index is 1060. The van der Waals surface area contributed by atoms with Gasteiger partial charge in [-0.1, -0.05) is 59.9 Å². The number of rotatable bonds is 5. The summed E-state index contributed by atoms with van der Waals surface area (Å²) < 4.78 is 33.4. The van der Waals surface area contributed by atoms with E-state index in [1.807, 2.05) is 37.3 Å². The Morgan fingerprint density at radius 1 is 0.889 bits per heavy atom. The average molecular weight is 377 g/mol. The van der Waals surface area contributed by atoms with Crippen LogP contribution in [0, 0.1) is 18.8 Å². The lowest BCUT2D eigenvalue weighted by atomic mass is 10.2. The number of aryl methyl sites for hydroxylation is 1. The summed E-state index contributed by atoms with van der Waals surface area (Å²) in [6.45, 7) is 2.06. The molecule has 4 nitrogen and oxygen atoms in total. The van der Waals surface area contributed by atoms with Crippen LogP contribution in [0.25, 0.3) is 0 Å². The third kappa shape index (κ3) is 5.13. The summed E-state index contributed by atoms with van der Waals surface area (Å²) >= 11 is 0. The van der Waals surface area contributed by atoms with E-state index in [4.69, 9.17) is 4.74 Å². The van der Waals surface area contributed by atoms with Gasteiger partial charge in [-0.2, -0.15) is 0 Å². The van der Waals surface area contributed by atoms with E-state index in [2.05, 4.69) is 16.6 Å². The Balaban J connectivity index is 1.72. The molecule has 0 aliphatic rings. The van der Waals surface area contributed by atoms with E-state index < -0.39 is 10.0 Å². The maximum Gasteiger partial charge on any atom is 0.262 e. The van der Waals surface area contributed by atoms with E-state index in [-0.39, 0.29) is 11.5 Å². The van der Waals surface area contributed by atoms with Crippen molar-refractivity contribution in [3.8, 4) is 17.6 Å². The number of nitrogens with one attached hydrogen (secondary N) is 1. The highest BCUT2D eigenvalue weighted by atomic mass is 32.2. The molecule has 3 aromatic rings. The Kier molecular flexibility index (Phi) is 5.80. The van der Waals surface area contributed by atoms with Gasteiger partial charge in [-0.05, 0) is 43.3 Å². The van der Waals surface area contributed by atoms with Crippen LogP contribution in [-0.2, 0) is 10.0 Å². The zero-order valence-electron chi connectivity index (χ0n) is 14.8. The number of benzene rings is 3. The van der Waals surface area contributed by atoms with Gasteiger partial charge in [-0.15, -0.1) is 0 Å². The van der Waals surface area contributed by atoms with Crippen molar-refractivity contribution in [1.82, 2.24) is 0 Å². The van der Waals surface area contributed by atoms with Crippen molar-refractivity contribution in [1.29, 1.82) is 0 Å². The highest BCUT2D eigenvalue weighted by Crippen LogP contribution is 2.26. The molecule has 3 rings (SSSR count). The van der Waals surface area contributed by atoms with Gasteiger partial charge in [-0.25, -0.2) is 8.42 Å². The molecule has 0 amide bonds. The fraction of sp³-hybridized carbons (Fsp3) is 0.0909. The zero-order chi connectivity index (χ0) is 19.1. The summed E-state index contributed by atoms with van der Waals surface area (Å²) in [5.41, 5.74) is 2.27. The van der Waals surface area contributed by atoms with E-state index in [9.17, 15) is 8.42 Å². The smallest absolute Gasteiger partial charge is 0.262 e. The molecule has 0 aliphatic heterocycles. The van der Waals surface area contributed by atoms with Crippen LogP contribution in [0.1, 0.15) is 11.1 Å². The molecule has 0 aliphatic carbocycles. The molecule has 0 bridgehead atoms. The lowest BCUT2D eigenvalue weighted by Gasteiger charge is -2.12. The molecule has 1 N–H and O–H groups in total. The van der Waals surface area contributed by atoms with Gasteiger partial charge in [0.1, 0.15) is 12.4 Å². The van der Waals surface area contributed by atoms with Crippen LogP contribution in [0.15, 0.2) is 83.8 Å². The van der Waals surface area contributed by atoms with Gasteiger partial charge in [0, 0.05) is 5.56 Å². The summed E-state index contributed by atoms with van der Waals surface area (Å²) in [6, 6.07) is 23.2. The summed E-state index contributed by atoms with van der Waals surface area (Å²) in [4.78, 5) is 0.201. The monoisotopic (exact) mass is 377 g/mol. The molecule has 0 unspecified atom stereocenters. The molecular weight excluding hydrogens is 358 g/mol. The van der Waals surface area contributed by atoms with Crippen molar-refractivity contribution in [3.63, 3.8) is 0 Å². The second-order valence-electron chi connectivity index (χ2n) is 5.87. The minimum atomic E-state index is -3.69. The molecule has 0 radical (unpaired) electrons. The topological polar surface area (TPSA) is 55.4 Å². The molecule has 0 heterocycles. The normalized spacial score (nSPS) is 10.6. The first-order valence-electron chi connectivity index (χ1n) is 8.40. The van der Waals surface area contributed by atoms with Crippen LogP contribution in [0.2, 0.25) is 0 Å². The lowest BCUT2D eigenvalue weighted by Crippen LogP contribution is -2.14. The van der Waals surface area contributed by atoms with Crippen molar-refractivity contribution in [2.24, 2.45) is 0 Å². The fourth-order valence-electron chi connectivity index (χ4n) is 2.37. The SMILES string of the molecule is Cc1ccc(S(=O)(=O)Nc2ccccc2OCC#Cc2ccccc2)cc1. The Morgan fingerprint density at radius 2 is 1.56 bits per heavy atom. The summed E-state index contributed by atoms with van der Waals surface area (Å²) in [5, 5.41) is 0. The fourth-order valence-corrected chi connectivity index (χ4v) is 3.44. The van der Waals surface area contributed by atoms with E-state index >= 15 is 0 Å². The largest absolute Gasteiger partial charge is 0.479 e. The van der Waals surface area contributed by atoms with Crippen LogP contribution in [-0.4, -0.2) is 15.0 Å². The van der Waals surface area contributed by atoms with Crippen LogP contribution < -0.4 is 9.46 Å². The molecule has 0 saturated heterocycles. The second kappa shape index (κ2) is 8.43. The maximum atomic E-state index is 12.6. The van der Waals surface area contributed by atoms with Crippen molar-refractivity contribution < 1.29 is 13.2 Å². The molecule has 0 atom stereocenters. The Hall–Kier alpha value is -3.23. The second-order valence-corrected chi connectivity index (χ2v) is 7.55. The first-order chi connectivity index (χ1) is 13.0. The first kappa shape index (κ1) is 18.6. The number of para-hydroxylation sites is 2. The van der Waals surface area contributed by atoms with Crippen LogP contribution in [0.3, 0.4) is 0 Å². The molecular formula is C22H19NO3S. The van der Waals surface area contributed by atoms with Gasteiger partial charge in [0.25, 0.3) is 10.0 Å². The molecule has 27 heavy (non-hydrogen) atoms. The first-order valence-corrected chi connectivity index (χ1v) is 9.88. The lowest BCUT2D eigenvalue weighted by molar-refractivity contribution is 0.372. The molecule has 0 fully saturated rings. The number of sulfonamides is 1. The van der Waals surface area contributed by atoms with Crippen LogP contribution in [0.5, 0.6) is 5.75 Å². The third-order valence-electron chi connectivity index (χ3n) is 3.77. The number of hydrogen-bond acceptors (Lipinski definition) is 3. The highest BCUT2D eigenvalue weighted by Gasteiger charge is 2.16. The number of ether oxygens (including phenoxy) is 1. The summed E-state index contributed by atoms with van der Waals surface area (Å²) in [6.07, 6.45) is 0. The predicted molar refractivity (Wildman–Crippen MR) is 107 cm³/mol. The van der Waals surface area contributed by atoms with Crippen molar-refractivity contribution >= 4 is 15.7 Å². The molecule has 0 spiro atoms. The Morgan fingerprint density at radius 3 is 2.30 bits per heavy atom.